The first-order chi connectivity index (χ1) is 8.38. The van der Waals surface area contributed by atoms with Crippen LogP contribution in [0, 0.1) is 5.92 Å². The van der Waals surface area contributed by atoms with Crippen molar-refractivity contribution < 1.29 is 4.79 Å². The molecule has 2 atom stereocenters. The largest absolute Gasteiger partial charge is 0.353 e. The van der Waals surface area contributed by atoms with Crippen molar-refractivity contribution in [1.82, 2.24) is 10.2 Å². The third kappa shape index (κ3) is 4.23. The van der Waals surface area contributed by atoms with Gasteiger partial charge in [-0.2, -0.15) is 0 Å². The zero-order chi connectivity index (χ0) is 13.4. The van der Waals surface area contributed by atoms with Crippen LogP contribution in [-0.2, 0) is 4.79 Å². The molecule has 4 nitrogen and oxygen atoms in total. The van der Waals surface area contributed by atoms with Crippen molar-refractivity contribution in [3.8, 4) is 0 Å². The lowest BCUT2D eigenvalue weighted by molar-refractivity contribution is -0.124. The molecular formula is C14H29Cl2N3O. The van der Waals surface area contributed by atoms with Crippen LogP contribution in [0.15, 0.2) is 0 Å². The lowest BCUT2D eigenvalue weighted by atomic mass is 9.75. The minimum absolute atomic E-state index is 0. The topological polar surface area (TPSA) is 58.4 Å². The number of hydrogen-bond donors (Lipinski definition) is 2. The van der Waals surface area contributed by atoms with Gasteiger partial charge in [0.15, 0.2) is 0 Å². The maximum Gasteiger partial charge on any atom is 0.240 e. The van der Waals surface area contributed by atoms with Crippen LogP contribution in [0.2, 0.25) is 0 Å². The van der Waals surface area contributed by atoms with Gasteiger partial charge in [0.2, 0.25) is 5.91 Å². The van der Waals surface area contributed by atoms with Gasteiger partial charge in [-0.1, -0.05) is 19.8 Å². The van der Waals surface area contributed by atoms with Crippen molar-refractivity contribution in [2.24, 2.45) is 11.7 Å². The minimum atomic E-state index is -0.548. The molecule has 0 radical (unpaired) electrons. The van der Waals surface area contributed by atoms with E-state index >= 15 is 0 Å². The Kier molecular flexibility index (Phi) is 7.29. The van der Waals surface area contributed by atoms with Crippen molar-refractivity contribution in [2.45, 2.75) is 56.5 Å². The predicted molar refractivity (Wildman–Crippen MR) is 87.7 cm³/mol. The predicted octanol–water partition coefficient (Wildman–Crippen LogP) is 1.95. The number of nitrogens with one attached hydrogen (secondary N) is 1. The van der Waals surface area contributed by atoms with E-state index in [1.165, 1.54) is 19.3 Å². The molecule has 2 unspecified atom stereocenters. The highest BCUT2D eigenvalue weighted by atomic mass is 35.5. The highest BCUT2D eigenvalue weighted by Gasteiger charge is 2.47. The van der Waals surface area contributed by atoms with Crippen LogP contribution in [0.1, 0.15) is 45.4 Å². The zero-order valence-electron chi connectivity index (χ0n) is 12.8. The first-order valence-corrected chi connectivity index (χ1v) is 7.13. The Balaban J connectivity index is 0.00000180. The molecule has 6 heteroatoms. The molecule has 20 heavy (non-hydrogen) atoms. The van der Waals surface area contributed by atoms with Gasteiger partial charge < -0.3 is 16.0 Å². The van der Waals surface area contributed by atoms with E-state index < -0.39 is 5.54 Å². The molecule has 0 spiro atoms. The molecule has 0 aromatic rings. The van der Waals surface area contributed by atoms with E-state index in [1.54, 1.807) is 0 Å². The Morgan fingerprint density at radius 3 is 2.35 bits per heavy atom. The summed E-state index contributed by atoms with van der Waals surface area (Å²) in [4.78, 5) is 14.3. The second-order valence-electron chi connectivity index (χ2n) is 6.66. The van der Waals surface area contributed by atoms with Crippen molar-refractivity contribution in [3.63, 3.8) is 0 Å². The van der Waals surface area contributed by atoms with Gasteiger partial charge in [-0.3, -0.25) is 4.79 Å². The van der Waals surface area contributed by atoms with Crippen molar-refractivity contribution in [1.29, 1.82) is 0 Å². The molecule has 0 saturated heterocycles. The van der Waals surface area contributed by atoms with Gasteiger partial charge in [-0.25, -0.2) is 0 Å². The Bertz CT molecular complexity index is 334. The summed E-state index contributed by atoms with van der Waals surface area (Å²) >= 11 is 0. The molecule has 2 aliphatic rings. The third-order valence-electron chi connectivity index (χ3n) is 4.84. The minimum Gasteiger partial charge on any atom is -0.353 e. The quantitative estimate of drug-likeness (QED) is 0.830. The van der Waals surface area contributed by atoms with Crippen LogP contribution in [0.4, 0.5) is 0 Å². The van der Waals surface area contributed by atoms with Crippen LogP contribution < -0.4 is 11.1 Å². The van der Waals surface area contributed by atoms with E-state index in [-0.39, 0.29) is 36.3 Å². The normalized spacial score (nSPS) is 30.9. The van der Waals surface area contributed by atoms with Crippen LogP contribution in [-0.4, -0.2) is 42.5 Å². The molecule has 2 saturated carbocycles. The molecule has 0 bridgehead atoms. The van der Waals surface area contributed by atoms with Crippen LogP contribution in [0.25, 0.3) is 0 Å². The molecule has 0 aliphatic heterocycles. The van der Waals surface area contributed by atoms with Crippen molar-refractivity contribution >= 4 is 30.7 Å². The molecule has 3 N–H and O–H groups in total. The fourth-order valence-corrected chi connectivity index (χ4v) is 3.14. The lowest BCUT2D eigenvalue weighted by Gasteiger charge is -2.45. The molecule has 1 amide bonds. The highest BCUT2D eigenvalue weighted by Crippen LogP contribution is 2.36. The van der Waals surface area contributed by atoms with Gasteiger partial charge >= 0.3 is 0 Å². The number of rotatable bonds is 4. The van der Waals surface area contributed by atoms with E-state index in [0.29, 0.717) is 0 Å². The van der Waals surface area contributed by atoms with Crippen LogP contribution >= 0.6 is 24.8 Å². The molecule has 0 heterocycles. The molecule has 2 aliphatic carbocycles. The monoisotopic (exact) mass is 325 g/mol. The summed E-state index contributed by atoms with van der Waals surface area (Å²) in [5.74, 6) is 0.785. The average molecular weight is 326 g/mol. The van der Waals surface area contributed by atoms with Crippen LogP contribution in [0.5, 0.6) is 0 Å². The summed E-state index contributed by atoms with van der Waals surface area (Å²) in [6, 6.07) is 0. The first kappa shape index (κ1) is 20.0. The number of nitrogens with zero attached hydrogens (tertiary/aromatic N) is 1. The standard InChI is InChI=1S/C14H27N3O.2ClH/c1-11-5-4-6-13(9-11,17(2)3)10-16-12(18)14(15)7-8-14;;/h11H,4-10,15H2,1-3H3,(H,16,18);2*1H. The van der Waals surface area contributed by atoms with Gasteiger partial charge in [0.05, 0.1) is 5.54 Å². The van der Waals surface area contributed by atoms with Crippen LogP contribution in [0.3, 0.4) is 0 Å². The summed E-state index contributed by atoms with van der Waals surface area (Å²) in [5.41, 5.74) is 5.50. The van der Waals surface area contributed by atoms with Gasteiger partial charge in [0.1, 0.15) is 0 Å². The van der Waals surface area contributed by atoms with E-state index in [0.717, 1.165) is 31.7 Å². The fourth-order valence-electron chi connectivity index (χ4n) is 3.14. The summed E-state index contributed by atoms with van der Waals surface area (Å²) in [6.07, 6.45) is 6.57. The average Bonchev–Trinajstić information content (AvgIpc) is 3.05. The maximum atomic E-state index is 12.0. The molecule has 120 valence electrons. The molecule has 0 aromatic carbocycles. The van der Waals surface area contributed by atoms with E-state index in [1.807, 2.05) is 0 Å². The fraction of sp³-hybridized carbons (Fsp3) is 0.929. The Labute approximate surface area is 135 Å². The van der Waals surface area contributed by atoms with Gasteiger partial charge in [0, 0.05) is 12.1 Å². The number of halogens is 2. The first-order valence-electron chi connectivity index (χ1n) is 7.13. The van der Waals surface area contributed by atoms with Crippen molar-refractivity contribution in [3.05, 3.63) is 0 Å². The number of amides is 1. The summed E-state index contributed by atoms with van der Waals surface area (Å²) in [7, 11) is 4.25. The Morgan fingerprint density at radius 2 is 1.90 bits per heavy atom. The number of carbonyl (C=O) groups is 1. The maximum absolute atomic E-state index is 12.0. The second kappa shape index (κ2) is 7.30. The van der Waals surface area contributed by atoms with Gasteiger partial charge in [0.25, 0.3) is 0 Å². The second-order valence-corrected chi connectivity index (χ2v) is 6.66. The zero-order valence-corrected chi connectivity index (χ0v) is 14.4. The Morgan fingerprint density at radius 1 is 1.30 bits per heavy atom. The van der Waals surface area contributed by atoms with Gasteiger partial charge in [-0.15, -0.1) is 24.8 Å². The molecule has 2 rings (SSSR count). The summed E-state index contributed by atoms with van der Waals surface area (Å²) < 4.78 is 0. The molecular weight excluding hydrogens is 297 g/mol. The van der Waals surface area contributed by atoms with E-state index in [2.05, 4.69) is 31.2 Å². The smallest absolute Gasteiger partial charge is 0.240 e. The van der Waals surface area contributed by atoms with Gasteiger partial charge in [-0.05, 0) is 45.7 Å². The Hall–Kier alpha value is -0.0300. The van der Waals surface area contributed by atoms with Crippen molar-refractivity contribution in [2.75, 3.05) is 20.6 Å². The number of nitrogens with two attached hydrogens (primary N) is 1. The number of carbonyl (C=O) groups excluding carboxylic acids is 1. The number of likely N-dealkylation sites (N-methyl/N-ethyl adjacent to an activating group) is 1. The summed E-state index contributed by atoms with van der Waals surface area (Å²) in [5, 5.41) is 3.09. The van der Waals surface area contributed by atoms with E-state index in [9.17, 15) is 4.79 Å². The highest BCUT2D eigenvalue weighted by molar-refractivity contribution is 5.89. The molecule has 2 fully saturated rings. The van der Waals surface area contributed by atoms with E-state index in [4.69, 9.17) is 5.73 Å². The third-order valence-corrected chi connectivity index (χ3v) is 4.84. The SMILES string of the molecule is CC1CCCC(CNC(=O)C2(N)CC2)(N(C)C)C1.Cl.Cl. The number of hydrogen-bond acceptors (Lipinski definition) is 3. The molecule has 0 aromatic heterocycles. The lowest BCUT2D eigenvalue weighted by Crippen LogP contribution is -2.57. The summed E-state index contributed by atoms with van der Waals surface area (Å²) in [6.45, 7) is 3.05.